The molecule has 31 heavy (non-hydrogen) atoms. The molecule has 1 heterocycles. The smallest absolute Gasteiger partial charge is 0.327 e. The number of rotatable bonds is 13. The molecule has 0 radical (unpaired) electrons. The number of thiol groups is 1. The summed E-state index contributed by atoms with van der Waals surface area (Å²) in [5, 5.41) is 14.3. The normalized spacial score (nSPS) is 19.9. The van der Waals surface area contributed by atoms with Crippen molar-refractivity contribution in [1.29, 1.82) is 0 Å². The molecule has 0 aromatic rings. The monoisotopic (exact) mass is 459 g/mol. The summed E-state index contributed by atoms with van der Waals surface area (Å²) in [7, 11) is 0. The zero-order chi connectivity index (χ0) is 23.6. The third-order valence-electron chi connectivity index (χ3n) is 5.72. The van der Waals surface area contributed by atoms with Gasteiger partial charge in [-0.05, 0) is 38.1 Å². The van der Waals surface area contributed by atoms with Crippen LogP contribution in [0.5, 0.6) is 0 Å². The molecule has 5 unspecified atom stereocenters. The van der Waals surface area contributed by atoms with Gasteiger partial charge in [0.15, 0.2) is 0 Å². The van der Waals surface area contributed by atoms with Crippen LogP contribution in [-0.4, -0.2) is 76.7 Å². The average molecular weight is 460 g/mol. The Morgan fingerprint density at radius 2 is 1.90 bits per heavy atom. The number of unbranched alkanes of at least 4 members (excludes halogenated alkanes) is 1. The van der Waals surface area contributed by atoms with Crippen LogP contribution in [0.1, 0.15) is 52.4 Å². The maximum Gasteiger partial charge on any atom is 0.327 e. The fourth-order valence-corrected chi connectivity index (χ4v) is 3.79. The molecular formula is C20H37N5O5S. The summed E-state index contributed by atoms with van der Waals surface area (Å²) in [6.07, 6.45) is 3.76. The molecule has 0 aliphatic carbocycles. The second-order valence-electron chi connectivity index (χ2n) is 8.03. The van der Waals surface area contributed by atoms with E-state index < -0.39 is 42.0 Å². The minimum atomic E-state index is -1.20. The van der Waals surface area contributed by atoms with Gasteiger partial charge < -0.3 is 32.1 Å². The number of nitrogens with two attached hydrogens (primary N) is 2. The number of hydrogen-bond donors (Lipinski definition) is 6. The number of nitrogens with zero attached hydrogens (tertiary/aromatic N) is 1. The summed E-state index contributed by atoms with van der Waals surface area (Å²) in [6.45, 7) is 4.63. The molecule has 0 saturated carbocycles. The van der Waals surface area contributed by atoms with E-state index in [9.17, 15) is 19.2 Å². The number of hydrogen-bond acceptors (Lipinski definition) is 7. The molecule has 0 aromatic carbocycles. The van der Waals surface area contributed by atoms with Crippen LogP contribution in [-0.2, 0) is 19.2 Å². The van der Waals surface area contributed by atoms with E-state index in [0.29, 0.717) is 38.8 Å². The Morgan fingerprint density at radius 3 is 2.45 bits per heavy atom. The lowest BCUT2D eigenvalue weighted by Gasteiger charge is -2.30. The van der Waals surface area contributed by atoms with Gasteiger partial charge in [-0.25, -0.2) is 4.79 Å². The Morgan fingerprint density at radius 1 is 1.23 bits per heavy atom. The van der Waals surface area contributed by atoms with E-state index in [-0.39, 0.29) is 17.6 Å². The van der Waals surface area contributed by atoms with E-state index in [1.165, 1.54) is 4.90 Å². The highest BCUT2D eigenvalue weighted by atomic mass is 32.1. The molecule has 0 aromatic heterocycles. The van der Waals surface area contributed by atoms with Crippen LogP contribution in [0.15, 0.2) is 0 Å². The first kappa shape index (κ1) is 27.2. The lowest BCUT2D eigenvalue weighted by molar-refractivity contribution is -0.143. The van der Waals surface area contributed by atoms with Gasteiger partial charge in [-0.15, -0.1) is 0 Å². The van der Waals surface area contributed by atoms with Crippen molar-refractivity contribution < 1.29 is 24.3 Å². The topological polar surface area (TPSA) is 168 Å². The first-order chi connectivity index (χ1) is 14.7. The Balaban J connectivity index is 2.85. The van der Waals surface area contributed by atoms with Crippen molar-refractivity contribution in [3.63, 3.8) is 0 Å². The van der Waals surface area contributed by atoms with Crippen molar-refractivity contribution in [3.8, 4) is 0 Å². The number of likely N-dealkylation sites (tertiary alicyclic amines) is 1. The number of nitrogens with one attached hydrogen (secondary N) is 2. The molecule has 1 rings (SSSR count). The molecule has 1 aliphatic heterocycles. The molecule has 1 saturated heterocycles. The molecule has 0 bridgehead atoms. The van der Waals surface area contributed by atoms with E-state index in [2.05, 4.69) is 23.3 Å². The van der Waals surface area contributed by atoms with Gasteiger partial charge in [0.25, 0.3) is 0 Å². The van der Waals surface area contributed by atoms with Crippen molar-refractivity contribution in [1.82, 2.24) is 15.5 Å². The van der Waals surface area contributed by atoms with Gasteiger partial charge in [0.2, 0.25) is 17.7 Å². The van der Waals surface area contributed by atoms with Crippen LogP contribution in [0.4, 0.5) is 0 Å². The molecule has 178 valence electrons. The van der Waals surface area contributed by atoms with Crippen LogP contribution < -0.4 is 22.1 Å². The zero-order valence-corrected chi connectivity index (χ0v) is 19.3. The van der Waals surface area contributed by atoms with Crippen LogP contribution in [0.25, 0.3) is 0 Å². The molecule has 10 nitrogen and oxygen atoms in total. The van der Waals surface area contributed by atoms with E-state index in [1.54, 1.807) is 6.92 Å². The number of carboxylic acid groups (broad SMARTS) is 1. The first-order valence-electron chi connectivity index (χ1n) is 10.9. The molecular weight excluding hydrogens is 422 g/mol. The third kappa shape index (κ3) is 7.97. The predicted octanol–water partition coefficient (Wildman–Crippen LogP) is -0.536. The molecule has 11 heteroatoms. The van der Waals surface area contributed by atoms with Crippen LogP contribution >= 0.6 is 12.6 Å². The van der Waals surface area contributed by atoms with Gasteiger partial charge in [0.05, 0.1) is 6.04 Å². The summed E-state index contributed by atoms with van der Waals surface area (Å²) in [6, 6.07) is -3.47. The Kier molecular flexibility index (Phi) is 11.9. The highest BCUT2D eigenvalue weighted by Gasteiger charge is 2.38. The van der Waals surface area contributed by atoms with Gasteiger partial charge >= 0.3 is 5.97 Å². The maximum atomic E-state index is 13.0. The SMILES string of the molecule is CCC(C)C(NC(=O)C1CCCN1C(=O)C(N)CCCCN)C(=O)NC(CS)C(=O)O. The van der Waals surface area contributed by atoms with Crippen LogP contribution in [0.2, 0.25) is 0 Å². The zero-order valence-electron chi connectivity index (χ0n) is 18.4. The minimum absolute atomic E-state index is 0.0742. The fraction of sp³-hybridized carbons (Fsp3) is 0.800. The molecule has 5 atom stereocenters. The van der Waals surface area contributed by atoms with Crippen molar-refractivity contribution in [2.75, 3.05) is 18.8 Å². The van der Waals surface area contributed by atoms with Gasteiger partial charge in [0, 0.05) is 12.3 Å². The van der Waals surface area contributed by atoms with E-state index >= 15 is 0 Å². The summed E-state index contributed by atoms with van der Waals surface area (Å²) in [5.74, 6) is -2.80. The van der Waals surface area contributed by atoms with E-state index in [1.807, 2.05) is 6.92 Å². The molecule has 0 spiro atoms. The number of carboxylic acids is 1. The largest absolute Gasteiger partial charge is 0.480 e. The second kappa shape index (κ2) is 13.5. The lowest BCUT2D eigenvalue weighted by atomic mass is 9.97. The lowest BCUT2D eigenvalue weighted by Crippen LogP contribution is -2.58. The third-order valence-corrected chi connectivity index (χ3v) is 6.08. The molecule has 7 N–H and O–H groups in total. The van der Waals surface area contributed by atoms with Crippen molar-refractivity contribution in [2.24, 2.45) is 17.4 Å². The summed E-state index contributed by atoms with van der Waals surface area (Å²) >= 11 is 3.95. The minimum Gasteiger partial charge on any atom is -0.480 e. The van der Waals surface area contributed by atoms with E-state index in [4.69, 9.17) is 16.6 Å². The van der Waals surface area contributed by atoms with Crippen molar-refractivity contribution in [2.45, 2.75) is 76.5 Å². The summed E-state index contributed by atoms with van der Waals surface area (Å²) in [5.41, 5.74) is 11.5. The van der Waals surface area contributed by atoms with Gasteiger partial charge in [-0.2, -0.15) is 12.6 Å². The first-order valence-corrected chi connectivity index (χ1v) is 11.5. The second-order valence-corrected chi connectivity index (χ2v) is 8.40. The highest BCUT2D eigenvalue weighted by Crippen LogP contribution is 2.20. The number of aliphatic carboxylic acids is 1. The Bertz CT molecular complexity index is 635. The van der Waals surface area contributed by atoms with Crippen LogP contribution in [0.3, 0.4) is 0 Å². The van der Waals surface area contributed by atoms with Crippen molar-refractivity contribution in [3.05, 3.63) is 0 Å². The molecule has 1 fully saturated rings. The van der Waals surface area contributed by atoms with Gasteiger partial charge in [-0.1, -0.05) is 26.7 Å². The fourth-order valence-electron chi connectivity index (χ4n) is 3.55. The standard InChI is InChI=1S/C20H37N5O5S/c1-3-12(2)16(18(27)23-14(11-31)20(29)30)24-17(26)15-8-6-10-25(15)19(28)13(22)7-4-5-9-21/h12-16,31H,3-11,21-22H2,1-2H3,(H,23,27)(H,24,26)(H,29,30). The predicted molar refractivity (Wildman–Crippen MR) is 120 cm³/mol. The number of amides is 3. The maximum absolute atomic E-state index is 13.0. The number of carbonyl (C=O) groups excluding carboxylic acids is 3. The molecule has 3 amide bonds. The van der Waals surface area contributed by atoms with E-state index in [0.717, 1.165) is 12.8 Å². The highest BCUT2D eigenvalue weighted by molar-refractivity contribution is 7.80. The van der Waals surface area contributed by atoms with Crippen molar-refractivity contribution >= 4 is 36.3 Å². The summed E-state index contributed by atoms with van der Waals surface area (Å²) < 4.78 is 0. The Labute approximate surface area is 189 Å². The molecule has 1 aliphatic rings. The van der Waals surface area contributed by atoms with Gasteiger partial charge in [0.1, 0.15) is 18.1 Å². The Hall–Kier alpha value is -1.85. The van der Waals surface area contributed by atoms with Crippen LogP contribution in [0, 0.1) is 5.92 Å². The number of carbonyl (C=O) groups is 4. The summed E-state index contributed by atoms with van der Waals surface area (Å²) in [4.78, 5) is 51.2. The average Bonchev–Trinajstić information content (AvgIpc) is 3.24. The quantitative estimate of drug-likeness (QED) is 0.159. The van der Waals surface area contributed by atoms with Gasteiger partial charge in [-0.3, -0.25) is 14.4 Å².